The van der Waals surface area contributed by atoms with E-state index in [-0.39, 0.29) is 5.75 Å². The van der Waals surface area contributed by atoms with Gasteiger partial charge in [-0.2, -0.15) is 0 Å². The van der Waals surface area contributed by atoms with Crippen molar-refractivity contribution in [2.24, 2.45) is 5.92 Å². The van der Waals surface area contributed by atoms with Crippen LogP contribution in [0.1, 0.15) is 18.4 Å². The molecule has 0 unspecified atom stereocenters. The van der Waals surface area contributed by atoms with E-state index in [1.54, 1.807) is 0 Å². The molecule has 0 spiro atoms. The fraction of sp³-hybridized carbons (Fsp3) is 0.600. The molecule has 5 heteroatoms. The largest absolute Gasteiger partial charge is 0.506 e. The molecule has 1 aliphatic heterocycles. The third-order valence-corrected chi connectivity index (χ3v) is 5.02. The van der Waals surface area contributed by atoms with E-state index in [9.17, 15) is 5.11 Å². The molecule has 1 N–H and O–H groups in total. The van der Waals surface area contributed by atoms with Gasteiger partial charge in [-0.15, -0.1) is 0 Å². The van der Waals surface area contributed by atoms with E-state index < -0.39 is 0 Å². The summed E-state index contributed by atoms with van der Waals surface area (Å²) in [4.78, 5) is 4.78. The Morgan fingerprint density at radius 1 is 1.20 bits per heavy atom. The minimum absolute atomic E-state index is 0.276. The third-order valence-electron chi connectivity index (χ3n) is 3.81. The zero-order chi connectivity index (χ0) is 14.7. The highest BCUT2D eigenvalue weighted by atomic mass is 79.9. The second-order valence-electron chi connectivity index (χ2n) is 5.89. The Labute approximate surface area is 138 Å². The van der Waals surface area contributed by atoms with E-state index in [2.05, 4.69) is 55.8 Å². The number of phenolic OH excluding ortho intramolecular Hbond substituents is 1. The Kier molecular flexibility index (Phi) is 5.90. The minimum Gasteiger partial charge on any atom is -0.506 e. The molecule has 3 nitrogen and oxygen atoms in total. The topological polar surface area (TPSA) is 26.7 Å². The summed E-state index contributed by atoms with van der Waals surface area (Å²) in [6, 6.07) is 4.01. The summed E-state index contributed by atoms with van der Waals surface area (Å²) in [7, 11) is 4.30. The van der Waals surface area contributed by atoms with Gasteiger partial charge in [0.15, 0.2) is 0 Å². The van der Waals surface area contributed by atoms with Gasteiger partial charge in [0.1, 0.15) is 5.75 Å². The number of halogens is 2. The first-order valence-electron chi connectivity index (χ1n) is 6.99. The van der Waals surface area contributed by atoms with Gasteiger partial charge in [-0.05, 0) is 95.5 Å². The Bertz CT molecular complexity index is 434. The smallest absolute Gasteiger partial charge is 0.143 e. The molecule has 1 heterocycles. The van der Waals surface area contributed by atoms with Crippen molar-refractivity contribution < 1.29 is 5.11 Å². The quantitative estimate of drug-likeness (QED) is 0.827. The van der Waals surface area contributed by atoms with Crippen molar-refractivity contribution in [2.45, 2.75) is 19.4 Å². The number of likely N-dealkylation sites (tertiary alicyclic amines) is 1. The number of hydrogen-bond acceptors (Lipinski definition) is 3. The standard InChI is InChI=1S/C15H22Br2N2O/c1-18(2)9-11-3-5-19(6-4-11)10-12-7-13(16)15(20)14(17)8-12/h7-8,11,20H,3-6,9-10H2,1-2H3. The van der Waals surface area contributed by atoms with Crippen molar-refractivity contribution in [3.8, 4) is 5.75 Å². The first-order chi connectivity index (χ1) is 9.45. The highest BCUT2D eigenvalue weighted by Crippen LogP contribution is 2.34. The summed E-state index contributed by atoms with van der Waals surface area (Å²) in [6.07, 6.45) is 2.55. The fourth-order valence-corrected chi connectivity index (χ4v) is 4.09. The fourth-order valence-electron chi connectivity index (χ4n) is 2.81. The van der Waals surface area contributed by atoms with Crippen LogP contribution in [0.3, 0.4) is 0 Å². The van der Waals surface area contributed by atoms with Crippen molar-refractivity contribution >= 4 is 31.9 Å². The van der Waals surface area contributed by atoms with Crippen LogP contribution in [0.15, 0.2) is 21.1 Å². The van der Waals surface area contributed by atoms with E-state index in [0.29, 0.717) is 0 Å². The number of phenols is 1. The monoisotopic (exact) mass is 404 g/mol. The van der Waals surface area contributed by atoms with Gasteiger partial charge in [0.05, 0.1) is 8.95 Å². The molecule has 0 radical (unpaired) electrons. The van der Waals surface area contributed by atoms with E-state index in [0.717, 1.165) is 34.5 Å². The molecule has 0 aliphatic carbocycles. The van der Waals surface area contributed by atoms with Gasteiger partial charge in [-0.3, -0.25) is 4.90 Å². The van der Waals surface area contributed by atoms with Crippen LogP contribution in [0.2, 0.25) is 0 Å². The highest BCUT2D eigenvalue weighted by Gasteiger charge is 2.20. The molecule has 20 heavy (non-hydrogen) atoms. The van der Waals surface area contributed by atoms with Crippen molar-refractivity contribution in [3.63, 3.8) is 0 Å². The van der Waals surface area contributed by atoms with Crippen LogP contribution in [-0.2, 0) is 6.54 Å². The summed E-state index contributed by atoms with van der Waals surface area (Å²) in [5, 5.41) is 9.74. The van der Waals surface area contributed by atoms with Crippen LogP contribution < -0.4 is 0 Å². The van der Waals surface area contributed by atoms with Crippen LogP contribution in [-0.4, -0.2) is 48.6 Å². The summed E-state index contributed by atoms with van der Waals surface area (Å²) < 4.78 is 1.51. The highest BCUT2D eigenvalue weighted by molar-refractivity contribution is 9.11. The lowest BCUT2D eigenvalue weighted by atomic mass is 9.96. The van der Waals surface area contributed by atoms with Crippen LogP contribution in [0.4, 0.5) is 0 Å². The Hall–Kier alpha value is -0.100. The Morgan fingerprint density at radius 3 is 2.25 bits per heavy atom. The lowest BCUT2D eigenvalue weighted by Crippen LogP contribution is -2.36. The van der Waals surface area contributed by atoms with Crippen molar-refractivity contribution in [3.05, 3.63) is 26.6 Å². The Morgan fingerprint density at radius 2 is 1.75 bits per heavy atom. The molecule has 1 aromatic carbocycles. The first kappa shape index (κ1) is 16.3. The lowest BCUT2D eigenvalue weighted by Gasteiger charge is -2.33. The second kappa shape index (κ2) is 7.25. The molecule has 1 fully saturated rings. The van der Waals surface area contributed by atoms with Crippen molar-refractivity contribution in [1.29, 1.82) is 0 Å². The van der Waals surface area contributed by atoms with Gasteiger partial charge in [-0.1, -0.05) is 0 Å². The van der Waals surface area contributed by atoms with Crippen LogP contribution in [0.25, 0.3) is 0 Å². The summed E-state index contributed by atoms with van der Waals surface area (Å²) in [5.41, 5.74) is 1.23. The molecule has 2 rings (SSSR count). The lowest BCUT2D eigenvalue weighted by molar-refractivity contribution is 0.157. The molecule has 1 aliphatic rings. The zero-order valence-corrected chi connectivity index (χ0v) is 15.2. The minimum atomic E-state index is 0.276. The molecule has 0 atom stereocenters. The predicted molar refractivity (Wildman–Crippen MR) is 90.1 cm³/mol. The van der Waals surface area contributed by atoms with Gasteiger partial charge in [0.2, 0.25) is 0 Å². The maximum atomic E-state index is 9.74. The second-order valence-corrected chi connectivity index (χ2v) is 7.60. The molecular formula is C15H22Br2N2O. The number of rotatable bonds is 4. The molecular weight excluding hydrogens is 384 g/mol. The maximum absolute atomic E-state index is 9.74. The normalized spacial score (nSPS) is 17.9. The maximum Gasteiger partial charge on any atom is 0.143 e. The van der Waals surface area contributed by atoms with Gasteiger partial charge in [0.25, 0.3) is 0 Å². The summed E-state index contributed by atoms with van der Waals surface area (Å²) in [6.45, 7) is 4.47. The number of hydrogen-bond donors (Lipinski definition) is 1. The average Bonchev–Trinajstić information content (AvgIpc) is 2.37. The van der Waals surface area contributed by atoms with Crippen LogP contribution in [0, 0.1) is 5.92 Å². The van der Waals surface area contributed by atoms with Crippen molar-refractivity contribution in [1.82, 2.24) is 9.80 Å². The van der Waals surface area contributed by atoms with Crippen LogP contribution in [0.5, 0.6) is 5.75 Å². The number of aromatic hydroxyl groups is 1. The summed E-state index contributed by atoms with van der Waals surface area (Å²) >= 11 is 6.79. The molecule has 0 aromatic heterocycles. The van der Waals surface area contributed by atoms with Gasteiger partial charge in [0, 0.05) is 13.1 Å². The summed E-state index contributed by atoms with van der Waals surface area (Å²) in [5.74, 6) is 1.11. The predicted octanol–water partition coefficient (Wildman–Crippen LogP) is 3.69. The first-order valence-corrected chi connectivity index (χ1v) is 8.58. The molecule has 1 saturated heterocycles. The molecule has 0 saturated carbocycles. The zero-order valence-electron chi connectivity index (χ0n) is 12.1. The molecule has 0 bridgehead atoms. The van der Waals surface area contributed by atoms with E-state index >= 15 is 0 Å². The SMILES string of the molecule is CN(C)CC1CCN(Cc2cc(Br)c(O)c(Br)c2)CC1. The molecule has 1 aromatic rings. The van der Waals surface area contributed by atoms with E-state index in [1.807, 2.05) is 12.1 Å². The van der Waals surface area contributed by atoms with Crippen LogP contribution >= 0.6 is 31.9 Å². The van der Waals surface area contributed by atoms with Gasteiger partial charge in [-0.25, -0.2) is 0 Å². The van der Waals surface area contributed by atoms with Gasteiger partial charge >= 0.3 is 0 Å². The Balaban J connectivity index is 1.89. The molecule has 0 amide bonds. The van der Waals surface area contributed by atoms with E-state index in [1.165, 1.54) is 24.9 Å². The average molecular weight is 406 g/mol. The third kappa shape index (κ3) is 4.45. The number of piperidine rings is 1. The number of nitrogens with zero attached hydrogens (tertiary/aromatic N) is 2. The van der Waals surface area contributed by atoms with E-state index in [4.69, 9.17) is 0 Å². The van der Waals surface area contributed by atoms with Crippen molar-refractivity contribution in [2.75, 3.05) is 33.7 Å². The number of benzene rings is 1. The van der Waals surface area contributed by atoms with Gasteiger partial charge < -0.3 is 10.0 Å². The molecule has 112 valence electrons.